The molecule has 4 rings (SSSR count). The van der Waals surface area contributed by atoms with E-state index in [1.54, 1.807) is 17.5 Å². The number of carbonyl (C=O) groups is 1. The number of aromatic nitrogens is 3. The molecule has 0 spiro atoms. The zero-order valence-electron chi connectivity index (χ0n) is 17.3. The van der Waals surface area contributed by atoms with Crippen LogP contribution in [0.1, 0.15) is 22.4 Å². The van der Waals surface area contributed by atoms with Gasteiger partial charge in [-0.05, 0) is 67.1 Å². The maximum absolute atomic E-state index is 12.6. The first kappa shape index (κ1) is 20.3. The van der Waals surface area contributed by atoms with Gasteiger partial charge in [-0.15, -0.1) is 21.5 Å². The summed E-state index contributed by atoms with van der Waals surface area (Å²) in [4.78, 5) is 22.3. The van der Waals surface area contributed by atoms with Crippen molar-refractivity contribution in [3.05, 3.63) is 57.9 Å². The minimum absolute atomic E-state index is 0.235. The Hall–Kier alpha value is -3.00. The summed E-state index contributed by atoms with van der Waals surface area (Å²) < 4.78 is 0. The van der Waals surface area contributed by atoms with Crippen molar-refractivity contribution in [3.63, 3.8) is 0 Å². The van der Waals surface area contributed by atoms with Crippen LogP contribution >= 0.6 is 11.3 Å². The summed E-state index contributed by atoms with van der Waals surface area (Å²) in [6.45, 7) is 7.10. The van der Waals surface area contributed by atoms with Crippen LogP contribution in [0.3, 0.4) is 0 Å². The number of nitrogens with zero attached hydrogens (tertiary/aromatic N) is 5. The molecule has 1 aliphatic heterocycles. The number of pyridine rings is 1. The molecule has 156 valence electrons. The molecule has 0 saturated carbocycles. The molecule has 3 aromatic heterocycles. The number of rotatable bonds is 6. The molecule has 8 heteroatoms. The zero-order valence-corrected chi connectivity index (χ0v) is 18.2. The van der Waals surface area contributed by atoms with Gasteiger partial charge in [0.25, 0.3) is 0 Å². The minimum Gasteiger partial charge on any atom is -0.352 e. The van der Waals surface area contributed by atoms with Crippen LogP contribution in [0.15, 0.2) is 41.9 Å². The first-order valence-electron chi connectivity index (χ1n) is 10.2. The van der Waals surface area contributed by atoms with Gasteiger partial charge in [-0.25, -0.2) is 4.98 Å². The maximum atomic E-state index is 12.6. The summed E-state index contributed by atoms with van der Waals surface area (Å²) >= 11 is 1.73. The molecule has 0 bridgehead atoms. The number of aryl methyl sites for hydroxylation is 3. The van der Waals surface area contributed by atoms with E-state index in [4.69, 9.17) is 0 Å². The molecule has 3 aromatic rings. The smallest absolute Gasteiger partial charge is 0.223 e. The monoisotopic (exact) mass is 422 g/mol. The third kappa shape index (κ3) is 4.94. The second-order valence-corrected chi connectivity index (χ2v) is 8.52. The van der Waals surface area contributed by atoms with Crippen molar-refractivity contribution in [2.75, 3.05) is 36.4 Å². The molecule has 1 saturated heterocycles. The lowest BCUT2D eigenvalue weighted by Gasteiger charge is -2.35. The van der Waals surface area contributed by atoms with Gasteiger partial charge in [0, 0.05) is 43.7 Å². The van der Waals surface area contributed by atoms with E-state index >= 15 is 0 Å². The van der Waals surface area contributed by atoms with Gasteiger partial charge in [0.2, 0.25) is 5.91 Å². The molecule has 1 amide bonds. The molecule has 0 aliphatic carbocycles. The Morgan fingerprint density at radius 2 is 1.90 bits per heavy atom. The highest BCUT2D eigenvalue weighted by molar-refractivity contribution is 7.10. The highest BCUT2D eigenvalue weighted by atomic mass is 32.1. The van der Waals surface area contributed by atoms with Crippen molar-refractivity contribution in [2.45, 2.75) is 26.7 Å². The topological polar surface area (TPSA) is 74.2 Å². The van der Waals surface area contributed by atoms with Gasteiger partial charge in [-0.1, -0.05) is 0 Å². The summed E-state index contributed by atoms with van der Waals surface area (Å²) in [7, 11) is 0. The molecule has 0 aromatic carbocycles. The Bertz CT molecular complexity index is 995. The highest BCUT2D eigenvalue weighted by Crippen LogP contribution is 2.20. The molecule has 0 atom stereocenters. The fourth-order valence-corrected chi connectivity index (χ4v) is 4.43. The number of hydrogen-bond donors (Lipinski definition) is 1. The zero-order chi connectivity index (χ0) is 20.9. The number of amides is 1. The van der Waals surface area contributed by atoms with Crippen LogP contribution in [0, 0.1) is 13.8 Å². The van der Waals surface area contributed by atoms with Crippen molar-refractivity contribution in [1.82, 2.24) is 20.1 Å². The van der Waals surface area contributed by atoms with E-state index in [1.807, 2.05) is 36.1 Å². The Balaban J connectivity index is 1.27. The number of thiophene rings is 1. The second-order valence-electron chi connectivity index (χ2n) is 7.51. The molecule has 0 radical (unpaired) electrons. The summed E-state index contributed by atoms with van der Waals surface area (Å²) in [5, 5.41) is 13.9. The summed E-state index contributed by atoms with van der Waals surface area (Å²) in [5.74, 6) is 2.48. The standard InChI is InChI=1S/C22H26N6OS/c1-16-7-9-23-20(15-16)24-19-4-5-21(26-25-19)27-10-12-28(13-11-27)22(29)6-3-18-17(2)8-14-30-18/h4-5,7-9,14-15H,3,6,10-13H2,1-2H3,(H,23,24,25). The van der Waals surface area contributed by atoms with Crippen LogP contribution in [0.5, 0.6) is 0 Å². The fourth-order valence-electron chi connectivity index (χ4n) is 3.52. The predicted molar refractivity (Wildman–Crippen MR) is 120 cm³/mol. The Morgan fingerprint density at radius 3 is 2.57 bits per heavy atom. The Morgan fingerprint density at radius 1 is 1.07 bits per heavy atom. The molecular weight excluding hydrogens is 396 g/mol. The van der Waals surface area contributed by atoms with Crippen LogP contribution in [-0.4, -0.2) is 52.2 Å². The first-order valence-corrected chi connectivity index (χ1v) is 11.1. The molecule has 7 nitrogen and oxygen atoms in total. The first-order chi connectivity index (χ1) is 14.6. The van der Waals surface area contributed by atoms with E-state index in [-0.39, 0.29) is 5.91 Å². The van der Waals surface area contributed by atoms with Crippen LogP contribution < -0.4 is 10.2 Å². The van der Waals surface area contributed by atoms with Crippen molar-refractivity contribution >= 4 is 34.7 Å². The van der Waals surface area contributed by atoms with Gasteiger partial charge in [-0.3, -0.25) is 4.79 Å². The van der Waals surface area contributed by atoms with E-state index in [2.05, 4.69) is 43.8 Å². The molecule has 1 N–H and O–H groups in total. The van der Waals surface area contributed by atoms with Crippen LogP contribution in [0.25, 0.3) is 0 Å². The average Bonchev–Trinajstić information content (AvgIpc) is 3.17. The van der Waals surface area contributed by atoms with Crippen molar-refractivity contribution < 1.29 is 4.79 Å². The van der Waals surface area contributed by atoms with Gasteiger partial charge < -0.3 is 15.1 Å². The lowest BCUT2D eigenvalue weighted by molar-refractivity contribution is -0.131. The number of anilines is 3. The Kier molecular flexibility index (Phi) is 6.23. The third-order valence-electron chi connectivity index (χ3n) is 5.31. The molecular formula is C22H26N6OS. The lowest BCUT2D eigenvalue weighted by atomic mass is 10.2. The summed E-state index contributed by atoms with van der Waals surface area (Å²) in [6.07, 6.45) is 3.18. The second kappa shape index (κ2) is 9.21. The minimum atomic E-state index is 0.235. The van der Waals surface area contributed by atoms with Gasteiger partial charge in [0.15, 0.2) is 11.6 Å². The molecule has 0 unspecified atom stereocenters. The van der Waals surface area contributed by atoms with E-state index < -0.39 is 0 Å². The maximum Gasteiger partial charge on any atom is 0.223 e. The molecule has 30 heavy (non-hydrogen) atoms. The number of piperazine rings is 1. The number of hydrogen-bond acceptors (Lipinski definition) is 7. The van der Waals surface area contributed by atoms with Crippen LogP contribution in [0.4, 0.5) is 17.5 Å². The molecule has 4 heterocycles. The number of carbonyl (C=O) groups excluding carboxylic acids is 1. The molecule has 1 fully saturated rings. The fraction of sp³-hybridized carbons (Fsp3) is 0.364. The van der Waals surface area contributed by atoms with E-state index in [1.165, 1.54) is 10.4 Å². The van der Waals surface area contributed by atoms with Gasteiger partial charge in [0.05, 0.1) is 0 Å². The van der Waals surface area contributed by atoms with Gasteiger partial charge >= 0.3 is 0 Å². The number of nitrogens with one attached hydrogen (secondary N) is 1. The van der Waals surface area contributed by atoms with E-state index in [9.17, 15) is 4.79 Å². The SMILES string of the molecule is Cc1ccnc(Nc2ccc(N3CCN(C(=O)CCc4sccc4C)CC3)nn2)c1. The van der Waals surface area contributed by atoms with Crippen molar-refractivity contribution in [1.29, 1.82) is 0 Å². The van der Waals surface area contributed by atoms with Crippen LogP contribution in [0.2, 0.25) is 0 Å². The van der Waals surface area contributed by atoms with Crippen molar-refractivity contribution in [3.8, 4) is 0 Å². The molecule has 1 aliphatic rings. The largest absolute Gasteiger partial charge is 0.352 e. The van der Waals surface area contributed by atoms with E-state index in [0.29, 0.717) is 12.2 Å². The average molecular weight is 423 g/mol. The normalized spacial score (nSPS) is 14.1. The van der Waals surface area contributed by atoms with E-state index in [0.717, 1.165) is 49.8 Å². The van der Waals surface area contributed by atoms with Crippen molar-refractivity contribution in [2.24, 2.45) is 0 Å². The predicted octanol–water partition coefficient (Wildman–Crippen LogP) is 3.57. The Labute approximate surface area is 180 Å². The summed E-state index contributed by atoms with van der Waals surface area (Å²) in [6, 6.07) is 9.90. The van der Waals surface area contributed by atoms with Crippen LogP contribution in [-0.2, 0) is 11.2 Å². The van der Waals surface area contributed by atoms with Gasteiger partial charge in [-0.2, -0.15) is 0 Å². The summed E-state index contributed by atoms with van der Waals surface area (Å²) in [5.41, 5.74) is 2.42. The lowest BCUT2D eigenvalue weighted by Crippen LogP contribution is -2.49. The highest BCUT2D eigenvalue weighted by Gasteiger charge is 2.22. The quantitative estimate of drug-likeness (QED) is 0.655. The third-order valence-corrected chi connectivity index (χ3v) is 6.40. The van der Waals surface area contributed by atoms with Gasteiger partial charge in [0.1, 0.15) is 5.82 Å².